The summed E-state index contributed by atoms with van der Waals surface area (Å²) < 4.78 is 6.20. The molecule has 84 valence electrons. The maximum atomic E-state index is 10.8. The van der Waals surface area contributed by atoms with Crippen molar-refractivity contribution < 1.29 is 9.73 Å². The van der Waals surface area contributed by atoms with Gasteiger partial charge in [-0.1, -0.05) is 5.16 Å². The average molecular weight is 223 g/mol. The maximum absolute atomic E-state index is 10.8. The first-order chi connectivity index (χ1) is 7.65. The van der Waals surface area contributed by atoms with Crippen molar-refractivity contribution in [2.45, 2.75) is 13.1 Å². The quantitative estimate of drug-likeness (QED) is 0.674. The van der Waals surface area contributed by atoms with Crippen molar-refractivity contribution >= 4 is 0 Å². The minimum absolute atomic E-state index is 0.298. The van der Waals surface area contributed by atoms with E-state index in [1.807, 2.05) is 0 Å². The molecule has 0 aliphatic carbocycles. The zero-order valence-electron chi connectivity index (χ0n) is 8.47. The molecule has 1 aliphatic heterocycles. The van der Waals surface area contributed by atoms with Gasteiger partial charge in [0, 0.05) is 7.05 Å². The van der Waals surface area contributed by atoms with Gasteiger partial charge in [-0.05, 0) is 0 Å². The van der Waals surface area contributed by atoms with E-state index in [1.54, 1.807) is 11.6 Å². The molecule has 0 atom stereocenters. The largest absolute Gasteiger partial charge is 0.439 e. The van der Waals surface area contributed by atoms with Crippen LogP contribution in [0.1, 0.15) is 11.4 Å². The van der Waals surface area contributed by atoms with Crippen LogP contribution in [0.25, 0.3) is 11.6 Å². The van der Waals surface area contributed by atoms with Crippen LogP contribution in [0, 0.1) is 0 Å². The summed E-state index contributed by atoms with van der Waals surface area (Å²) in [6.07, 6.45) is 0. The lowest BCUT2D eigenvalue weighted by molar-refractivity contribution is -0.0984. The fourth-order valence-corrected chi connectivity index (χ4v) is 1.85. The third-order valence-electron chi connectivity index (χ3n) is 2.61. The van der Waals surface area contributed by atoms with Gasteiger partial charge in [-0.3, -0.25) is 9.51 Å². The number of hydroxylamine groups is 2. The van der Waals surface area contributed by atoms with E-state index in [9.17, 15) is 10.0 Å². The van der Waals surface area contributed by atoms with Crippen molar-refractivity contribution in [1.82, 2.24) is 24.8 Å². The van der Waals surface area contributed by atoms with Crippen LogP contribution in [-0.2, 0) is 20.1 Å². The Hall–Kier alpha value is -1.93. The van der Waals surface area contributed by atoms with Gasteiger partial charge in [0.05, 0.1) is 24.5 Å². The average Bonchev–Trinajstić information content (AvgIpc) is 2.85. The fraction of sp³-hybridized carbons (Fsp3) is 0.375. The highest BCUT2D eigenvalue weighted by Gasteiger charge is 2.26. The molecule has 2 aromatic heterocycles. The Morgan fingerprint density at radius 1 is 1.50 bits per heavy atom. The van der Waals surface area contributed by atoms with E-state index in [-0.39, 0.29) is 0 Å². The van der Waals surface area contributed by atoms with Crippen LogP contribution in [0.15, 0.2) is 9.32 Å². The summed E-state index contributed by atoms with van der Waals surface area (Å²) in [4.78, 5) is 17.6. The van der Waals surface area contributed by atoms with E-state index < -0.39 is 5.76 Å². The Kier molecular flexibility index (Phi) is 1.76. The molecule has 0 unspecified atom stereocenters. The molecule has 1 aliphatic rings. The lowest BCUT2D eigenvalue weighted by Gasteiger charge is -2.05. The van der Waals surface area contributed by atoms with Crippen LogP contribution in [0.5, 0.6) is 0 Å². The van der Waals surface area contributed by atoms with Crippen molar-refractivity contribution in [3.05, 3.63) is 21.9 Å². The minimum Gasteiger partial charge on any atom is -0.327 e. The third-order valence-corrected chi connectivity index (χ3v) is 2.61. The number of aromatic nitrogens is 4. The van der Waals surface area contributed by atoms with Gasteiger partial charge in [0.15, 0.2) is 5.82 Å². The summed E-state index contributed by atoms with van der Waals surface area (Å²) in [6.45, 7) is 0.798. The SMILES string of the molecule is Cn1c(-c2noc(=O)[nH]2)nc2c1CN(O)C2. The number of fused-ring (bicyclic) bond motifs is 1. The Morgan fingerprint density at radius 3 is 2.94 bits per heavy atom. The van der Waals surface area contributed by atoms with Crippen LogP contribution >= 0.6 is 0 Å². The molecule has 8 nitrogen and oxygen atoms in total. The smallest absolute Gasteiger partial charge is 0.327 e. The summed E-state index contributed by atoms with van der Waals surface area (Å²) in [5.74, 6) is 0.220. The summed E-state index contributed by atoms with van der Waals surface area (Å²) in [7, 11) is 1.80. The van der Waals surface area contributed by atoms with Crippen LogP contribution in [-0.4, -0.2) is 30.0 Å². The molecular weight excluding hydrogens is 214 g/mol. The van der Waals surface area contributed by atoms with Crippen LogP contribution in [0.2, 0.25) is 0 Å². The van der Waals surface area contributed by atoms with E-state index in [0.29, 0.717) is 24.7 Å². The molecule has 0 spiro atoms. The molecule has 8 heteroatoms. The molecule has 2 N–H and O–H groups in total. The van der Waals surface area contributed by atoms with E-state index >= 15 is 0 Å². The first kappa shape index (κ1) is 9.31. The monoisotopic (exact) mass is 223 g/mol. The van der Waals surface area contributed by atoms with Crippen LogP contribution in [0.3, 0.4) is 0 Å². The topological polar surface area (TPSA) is 100 Å². The highest BCUT2D eigenvalue weighted by atomic mass is 16.5. The number of aromatic amines is 1. The van der Waals surface area contributed by atoms with Gasteiger partial charge in [0.2, 0.25) is 5.82 Å². The van der Waals surface area contributed by atoms with Gasteiger partial charge in [0.1, 0.15) is 0 Å². The lowest BCUT2D eigenvalue weighted by atomic mass is 10.4. The van der Waals surface area contributed by atoms with Crippen LogP contribution < -0.4 is 5.76 Å². The molecule has 0 radical (unpaired) electrons. The first-order valence-corrected chi connectivity index (χ1v) is 4.70. The van der Waals surface area contributed by atoms with Gasteiger partial charge < -0.3 is 9.77 Å². The zero-order chi connectivity index (χ0) is 11.3. The van der Waals surface area contributed by atoms with Gasteiger partial charge in [-0.15, -0.1) is 0 Å². The normalized spacial score (nSPS) is 15.6. The fourth-order valence-electron chi connectivity index (χ4n) is 1.85. The highest BCUT2D eigenvalue weighted by Crippen LogP contribution is 2.24. The molecule has 0 amide bonds. The minimum atomic E-state index is -0.609. The number of rotatable bonds is 1. The van der Waals surface area contributed by atoms with Gasteiger partial charge in [0.25, 0.3) is 0 Å². The first-order valence-electron chi connectivity index (χ1n) is 4.70. The summed E-state index contributed by atoms with van der Waals surface area (Å²) in [6, 6.07) is 0. The lowest BCUT2D eigenvalue weighted by Crippen LogP contribution is -2.12. The van der Waals surface area contributed by atoms with Crippen molar-refractivity contribution in [3.63, 3.8) is 0 Å². The van der Waals surface area contributed by atoms with Gasteiger partial charge in [-0.2, -0.15) is 5.06 Å². The molecule has 2 aromatic rings. The van der Waals surface area contributed by atoms with Crippen molar-refractivity contribution in [2.24, 2.45) is 7.05 Å². The van der Waals surface area contributed by atoms with Crippen molar-refractivity contribution in [1.29, 1.82) is 0 Å². The van der Waals surface area contributed by atoms with E-state index in [0.717, 1.165) is 11.4 Å². The second-order valence-corrected chi connectivity index (χ2v) is 3.65. The zero-order valence-corrected chi connectivity index (χ0v) is 8.47. The second kappa shape index (κ2) is 3.03. The van der Waals surface area contributed by atoms with Crippen molar-refractivity contribution in [2.75, 3.05) is 0 Å². The molecule has 0 fully saturated rings. The van der Waals surface area contributed by atoms with Crippen LogP contribution in [0.4, 0.5) is 0 Å². The number of hydrogen-bond acceptors (Lipinski definition) is 6. The standard InChI is InChI=1S/C8H9N5O3/c1-12-5-3-13(15)2-4(5)9-7(12)6-10-8(14)16-11-6/h15H,2-3H2,1H3,(H,10,11,14). The highest BCUT2D eigenvalue weighted by molar-refractivity contribution is 5.46. The molecule has 3 rings (SSSR count). The Morgan fingerprint density at radius 2 is 2.31 bits per heavy atom. The number of imidazole rings is 1. The number of hydrogen-bond donors (Lipinski definition) is 2. The van der Waals surface area contributed by atoms with Gasteiger partial charge in [-0.25, -0.2) is 9.78 Å². The molecule has 0 saturated carbocycles. The van der Waals surface area contributed by atoms with E-state index in [4.69, 9.17) is 0 Å². The van der Waals surface area contributed by atoms with Crippen molar-refractivity contribution in [3.8, 4) is 11.6 Å². The Bertz CT molecular complexity index is 595. The third kappa shape index (κ3) is 1.20. The van der Waals surface area contributed by atoms with E-state index in [2.05, 4.69) is 19.6 Å². The molecular formula is C8H9N5O3. The predicted octanol–water partition coefficient (Wildman–Crippen LogP) is -0.532. The summed E-state index contributed by atoms with van der Waals surface area (Å²) in [5.41, 5.74) is 1.69. The molecule has 0 bridgehead atoms. The number of nitrogens with one attached hydrogen (secondary N) is 1. The summed E-state index contributed by atoms with van der Waals surface area (Å²) >= 11 is 0. The molecule has 3 heterocycles. The Labute approximate surface area is 89.1 Å². The predicted molar refractivity (Wildman–Crippen MR) is 50.4 cm³/mol. The van der Waals surface area contributed by atoms with E-state index in [1.165, 1.54) is 5.06 Å². The van der Waals surface area contributed by atoms with Gasteiger partial charge >= 0.3 is 5.76 Å². The Balaban J connectivity index is 2.11. The molecule has 0 aromatic carbocycles. The number of nitrogens with zero attached hydrogens (tertiary/aromatic N) is 4. The molecule has 0 saturated heterocycles. The number of H-pyrrole nitrogens is 1. The molecule has 16 heavy (non-hydrogen) atoms. The maximum Gasteiger partial charge on any atom is 0.439 e. The summed E-state index contributed by atoms with van der Waals surface area (Å²) in [5, 5.41) is 14.1. The second-order valence-electron chi connectivity index (χ2n) is 3.65.